The molecule has 0 heterocycles. The largest absolute Gasteiger partial charge is 0.462 e. The first-order chi connectivity index (χ1) is 20.6. The third kappa shape index (κ3) is 30.0. The van der Waals surface area contributed by atoms with Crippen LogP contribution in [0, 0.1) is 0 Å². The lowest BCUT2D eigenvalue weighted by Gasteiger charge is -2.15. The van der Waals surface area contributed by atoms with Crippen LogP contribution in [0.15, 0.2) is 85.1 Å². The number of carbonyl (C=O) groups excluding carboxylic acids is 2. The Bertz CT molecular complexity index is 844. The predicted molar refractivity (Wildman–Crippen MR) is 177 cm³/mol. The van der Waals surface area contributed by atoms with E-state index in [1.165, 1.54) is 44.9 Å². The summed E-state index contributed by atoms with van der Waals surface area (Å²) in [5.74, 6) is -0.704. The van der Waals surface area contributed by atoms with Crippen LogP contribution in [0.3, 0.4) is 0 Å². The Kier molecular flexibility index (Phi) is 30.3. The third-order valence-electron chi connectivity index (χ3n) is 6.33. The molecule has 236 valence electrons. The van der Waals surface area contributed by atoms with Gasteiger partial charge in [0.2, 0.25) is 0 Å². The van der Waals surface area contributed by atoms with Crippen LogP contribution in [0.4, 0.5) is 0 Å². The van der Waals surface area contributed by atoms with E-state index >= 15 is 0 Å². The molecule has 0 amide bonds. The van der Waals surface area contributed by atoms with Crippen LogP contribution in [0.2, 0.25) is 0 Å². The van der Waals surface area contributed by atoms with Gasteiger partial charge in [-0.05, 0) is 51.4 Å². The van der Waals surface area contributed by atoms with E-state index in [2.05, 4.69) is 44.2 Å². The van der Waals surface area contributed by atoms with Gasteiger partial charge in [-0.3, -0.25) is 9.59 Å². The molecule has 0 saturated carbocycles. The van der Waals surface area contributed by atoms with E-state index in [9.17, 15) is 14.7 Å². The molecule has 1 atom stereocenters. The summed E-state index contributed by atoms with van der Waals surface area (Å²) < 4.78 is 10.5. The average molecular weight is 583 g/mol. The van der Waals surface area contributed by atoms with Crippen molar-refractivity contribution in [1.29, 1.82) is 0 Å². The molecule has 0 bridgehead atoms. The highest BCUT2D eigenvalue weighted by molar-refractivity contribution is 5.70. The Labute approximate surface area is 256 Å². The molecule has 0 saturated heterocycles. The Morgan fingerprint density at radius 2 is 1.05 bits per heavy atom. The van der Waals surface area contributed by atoms with Crippen LogP contribution < -0.4 is 0 Å². The number of hydrogen-bond donors (Lipinski definition) is 1. The molecule has 1 N–H and O–H groups in total. The average Bonchev–Trinajstić information content (AvgIpc) is 2.99. The predicted octanol–water partition coefficient (Wildman–Crippen LogP) is 9.61. The Morgan fingerprint density at radius 3 is 1.64 bits per heavy atom. The second-order valence-corrected chi connectivity index (χ2v) is 10.3. The molecule has 0 spiro atoms. The topological polar surface area (TPSA) is 72.8 Å². The lowest BCUT2D eigenvalue weighted by Crippen LogP contribution is -2.28. The maximum Gasteiger partial charge on any atom is 0.306 e. The maximum atomic E-state index is 12.1. The van der Waals surface area contributed by atoms with Gasteiger partial charge in [0.15, 0.2) is 6.10 Å². The summed E-state index contributed by atoms with van der Waals surface area (Å²) in [6, 6.07) is 0. The molecule has 0 aromatic heterocycles. The van der Waals surface area contributed by atoms with Crippen molar-refractivity contribution in [2.45, 2.75) is 123 Å². The van der Waals surface area contributed by atoms with Crippen molar-refractivity contribution in [3.63, 3.8) is 0 Å². The number of carbonyl (C=O) groups is 2. The van der Waals surface area contributed by atoms with Gasteiger partial charge in [0.1, 0.15) is 6.61 Å². The van der Waals surface area contributed by atoms with E-state index in [0.29, 0.717) is 12.8 Å². The monoisotopic (exact) mass is 582 g/mol. The first-order valence-electron chi connectivity index (χ1n) is 16.2. The highest BCUT2D eigenvalue weighted by atomic mass is 16.6. The van der Waals surface area contributed by atoms with E-state index in [1.54, 1.807) is 0 Å². The van der Waals surface area contributed by atoms with E-state index in [4.69, 9.17) is 9.47 Å². The second-order valence-electron chi connectivity index (χ2n) is 10.3. The Balaban J connectivity index is 3.78. The Hall–Kier alpha value is -2.92. The summed E-state index contributed by atoms with van der Waals surface area (Å²) in [5, 5.41) is 9.49. The number of aliphatic hydroxyl groups excluding tert-OH is 1. The van der Waals surface area contributed by atoms with Crippen LogP contribution in [0.25, 0.3) is 0 Å². The van der Waals surface area contributed by atoms with Gasteiger partial charge < -0.3 is 14.6 Å². The zero-order valence-electron chi connectivity index (χ0n) is 26.5. The molecule has 42 heavy (non-hydrogen) atoms. The minimum absolute atomic E-state index is 0.113. The molecule has 1 unspecified atom stereocenters. The number of allylic oxidation sites excluding steroid dienone is 14. The summed E-state index contributed by atoms with van der Waals surface area (Å²) >= 11 is 0. The highest BCUT2D eigenvalue weighted by Gasteiger charge is 2.15. The summed E-state index contributed by atoms with van der Waals surface area (Å²) in [6.07, 6.45) is 43.5. The van der Waals surface area contributed by atoms with Gasteiger partial charge in [-0.15, -0.1) is 0 Å². The van der Waals surface area contributed by atoms with Crippen LogP contribution in [0.5, 0.6) is 0 Å². The normalized spacial score (nSPS) is 13.3. The van der Waals surface area contributed by atoms with Crippen molar-refractivity contribution in [2.75, 3.05) is 13.2 Å². The summed E-state index contributed by atoms with van der Waals surface area (Å²) in [5.41, 5.74) is 0. The first kappa shape index (κ1) is 39.1. The van der Waals surface area contributed by atoms with Crippen molar-refractivity contribution >= 4 is 11.9 Å². The molecule has 0 rings (SSSR count). The van der Waals surface area contributed by atoms with Crippen molar-refractivity contribution < 1.29 is 24.2 Å². The fourth-order valence-corrected chi connectivity index (χ4v) is 3.87. The molecular weight excluding hydrogens is 524 g/mol. The maximum absolute atomic E-state index is 12.1. The van der Waals surface area contributed by atoms with Crippen molar-refractivity contribution in [2.24, 2.45) is 0 Å². The van der Waals surface area contributed by atoms with E-state index < -0.39 is 6.10 Å². The number of hydrogen-bond acceptors (Lipinski definition) is 5. The second kappa shape index (κ2) is 32.6. The molecule has 5 nitrogen and oxygen atoms in total. The van der Waals surface area contributed by atoms with Crippen LogP contribution in [0.1, 0.15) is 117 Å². The van der Waals surface area contributed by atoms with Crippen LogP contribution in [-0.2, 0) is 19.1 Å². The summed E-state index contributed by atoms with van der Waals surface area (Å²) in [7, 11) is 0. The molecule has 0 aliphatic heterocycles. The van der Waals surface area contributed by atoms with Crippen molar-refractivity contribution in [3.05, 3.63) is 85.1 Å². The molecule has 0 radical (unpaired) electrons. The first-order valence-corrected chi connectivity index (χ1v) is 16.2. The van der Waals surface area contributed by atoms with Gasteiger partial charge >= 0.3 is 11.9 Å². The van der Waals surface area contributed by atoms with Crippen molar-refractivity contribution in [3.8, 4) is 0 Å². The zero-order valence-corrected chi connectivity index (χ0v) is 26.5. The lowest BCUT2D eigenvalue weighted by atomic mass is 10.1. The Morgan fingerprint density at radius 1 is 0.571 bits per heavy atom. The fourth-order valence-electron chi connectivity index (χ4n) is 3.87. The number of esters is 2. The van der Waals surface area contributed by atoms with Gasteiger partial charge in [0, 0.05) is 12.8 Å². The highest BCUT2D eigenvalue weighted by Crippen LogP contribution is 2.10. The minimum atomic E-state index is -0.809. The van der Waals surface area contributed by atoms with E-state index in [-0.39, 0.29) is 31.6 Å². The summed E-state index contributed by atoms with van der Waals surface area (Å²) in [6.45, 7) is 3.85. The molecule has 0 fully saturated rings. The fraction of sp³-hybridized carbons (Fsp3) is 0.568. The number of ether oxygens (including phenoxy) is 2. The number of unbranched alkanes of at least 4 members (excludes halogenated alkanes) is 10. The lowest BCUT2D eigenvalue weighted by molar-refractivity contribution is -0.161. The zero-order chi connectivity index (χ0) is 30.8. The molecular formula is C37H58O5. The summed E-state index contributed by atoms with van der Waals surface area (Å²) in [4.78, 5) is 24.1. The molecule has 0 aliphatic rings. The number of aliphatic hydroxyl groups is 1. The SMILES string of the molecule is CC/C=C/C=C/C=C/C=C/C=C/CCCC(=O)OCC(CO)OC(=O)CCCCCCCC/C=C/C=C/CCCCC. The standard InChI is InChI=1S/C37H58O5/c1-3-5-7-9-11-13-15-17-18-20-22-24-26-28-30-32-37(40)42-35(33-38)34-41-36(39)31-29-27-25-23-21-19-16-14-12-10-8-6-4-2/h6,8,10-17,19,21,23,25,35,38H,3-5,7,9,18,20,22,24,26-34H2,1-2H3/b8-6+,12-10+,13-11+,16-14+,17-15+,21-19+,25-23+. The van der Waals surface area contributed by atoms with E-state index in [1.807, 2.05) is 54.7 Å². The molecule has 0 aliphatic carbocycles. The van der Waals surface area contributed by atoms with Crippen LogP contribution >= 0.6 is 0 Å². The smallest absolute Gasteiger partial charge is 0.306 e. The third-order valence-corrected chi connectivity index (χ3v) is 6.33. The number of rotatable bonds is 27. The minimum Gasteiger partial charge on any atom is -0.462 e. The quantitative estimate of drug-likeness (QED) is 0.0593. The van der Waals surface area contributed by atoms with E-state index in [0.717, 1.165) is 38.5 Å². The van der Waals surface area contributed by atoms with Crippen LogP contribution in [-0.4, -0.2) is 36.4 Å². The van der Waals surface area contributed by atoms with Gasteiger partial charge in [0.05, 0.1) is 6.61 Å². The molecule has 0 aromatic rings. The van der Waals surface area contributed by atoms with Gasteiger partial charge in [-0.2, -0.15) is 0 Å². The van der Waals surface area contributed by atoms with Gasteiger partial charge in [-0.25, -0.2) is 0 Å². The van der Waals surface area contributed by atoms with Gasteiger partial charge in [-0.1, -0.05) is 137 Å². The van der Waals surface area contributed by atoms with Crippen molar-refractivity contribution in [1.82, 2.24) is 0 Å². The molecule has 5 heteroatoms. The molecule has 0 aromatic carbocycles. The van der Waals surface area contributed by atoms with Gasteiger partial charge in [0.25, 0.3) is 0 Å².